The molecule has 1 atom stereocenters. The highest BCUT2D eigenvalue weighted by Gasteiger charge is 2.22. The van der Waals surface area contributed by atoms with Gasteiger partial charge in [-0.3, -0.25) is 4.79 Å². The Kier molecular flexibility index (Phi) is 6.53. The van der Waals surface area contributed by atoms with Gasteiger partial charge < -0.3 is 5.32 Å². The molecule has 0 aliphatic rings. The molecule has 0 bridgehead atoms. The Morgan fingerprint density at radius 2 is 1.95 bits per heavy atom. The number of carbonyl (C=O) groups excluding carboxylic acids is 1. The van der Waals surface area contributed by atoms with Gasteiger partial charge in [-0.05, 0) is 40.4 Å². The van der Waals surface area contributed by atoms with E-state index in [1.54, 1.807) is 0 Å². The van der Waals surface area contributed by atoms with E-state index in [0.717, 1.165) is 6.42 Å². The highest BCUT2D eigenvalue weighted by molar-refractivity contribution is 9.10. The van der Waals surface area contributed by atoms with E-state index >= 15 is 0 Å². The third-order valence-electron chi connectivity index (χ3n) is 3.09. The summed E-state index contributed by atoms with van der Waals surface area (Å²) in [5, 5.41) is 3.00. The maximum Gasteiger partial charge on any atom is 0.261 e. The van der Waals surface area contributed by atoms with Crippen molar-refractivity contribution in [1.29, 1.82) is 0 Å². The Morgan fingerprint density at radius 1 is 1.38 bits per heavy atom. The van der Waals surface area contributed by atoms with Crippen molar-refractivity contribution in [2.24, 2.45) is 5.92 Å². The van der Waals surface area contributed by atoms with E-state index in [4.69, 9.17) is 22.3 Å². The summed E-state index contributed by atoms with van der Waals surface area (Å²) in [5.41, 5.74) is 0.0735. The van der Waals surface area contributed by atoms with E-state index in [0.29, 0.717) is 4.47 Å². The van der Waals surface area contributed by atoms with Crippen molar-refractivity contribution in [2.45, 2.75) is 38.1 Å². The third-order valence-corrected chi connectivity index (χ3v) is 5.68. The maximum absolute atomic E-state index is 12.3. The van der Waals surface area contributed by atoms with Crippen LogP contribution < -0.4 is 5.32 Å². The summed E-state index contributed by atoms with van der Waals surface area (Å²) in [4.78, 5) is 12.1. The second kappa shape index (κ2) is 7.31. The summed E-state index contributed by atoms with van der Waals surface area (Å²) in [6, 6.07) is 2.42. The quantitative estimate of drug-likeness (QED) is 0.731. The summed E-state index contributed by atoms with van der Waals surface area (Å²) >= 11 is 9.21. The van der Waals surface area contributed by atoms with E-state index in [-0.39, 0.29) is 27.4 Å². The number of halogens is 3. The summed E-state index contributed by atoms with van der Waals surface area (Å²) in [6.45, 7) is 5.94. The van der Waals surface area contributed by atoms with E-state index in [9.17, 15) is 13.2 Å². The first kappa shape index (κ1) is 18.7. The fourth-order valence-electron chi connectivity index (χ4n) is 1.86. The number of carbonyl (C=O) groups is 1. The molecule has 1 amide bonds. The summed E-state index contributed by atoms with van der Waals surface area (Å²) in [7, 11) is 1.37. The maximum atomic E-state index is 12.3. The van der Waals surface area contributed by atoms with Gasteiger partial charge in [0.2, 0.25) is 0 Å². The molecule has 1 N–H and O–H groups in total. The Labute approximate surface area is 142 Å². The molecule has 0 aliphatic carbocycles. The molecule has 8 heteroatoms. The van der Waals surface area contributed by atoms with Crippen molar-refractivity contribution >= 4 is 53.2 Å². The molecule has 0 fully saturated rings. The first-order chi connectivity index (χ1) is 9.57. The Morgan fingerprint density at radius 3 is 2.38 bits per heavy atom. The monoisotopic (exact) mass is 415 g/mol. The molecule has 21 heavy (non-hydrogen) atoms. The van der Waals surface area contributed by atoms with Crippen LogP contribution in [0.5, 0.6) is 0 Å². The SMILES string of the molecule is CCC(NC(=O)c1cc(S(=O)(=O)Cl)cc(Br)c1Cl)C(C)C. The highest BCUT2D eigenvalue weighted by Crippen LogP contribution is 2.31. The van der Waals surface area contributed by atoms with Crippen molar-refractivity contribution in [1.82, 2.24) is 5.32 Å². The fourth-order valence-corrected chi connectivity index (χ4v) is 3.45. The van der Waals surface area contributed by atoms with Crippen LogP contribution in [-0.4, -0.2) is 20.4 Å². The minimum absolute atomic E-state index is 0.0244. The van der Waals surface area contributed by atoms with Gasteiger partial charge in [-0.15, -0.1) is 0 Å². The van der Waals surface area contributed by atoms with Crippen LogP contribution in [0.3, 0.4) is 0 Å². The van der Waals surface area contributed by atoms with Crippen LogP contribution in [0.25, 0.3) is 0 Å². The molecule has 0 aromatic heterocycles. The van der Waals surface area contributed by atoms with Crippen LogP contribution in [-0.2, 0) is 9.05 Å². The van der Waals surface area contributed by atoms with Crippen molar-refractivity contribution in [3.63, 3.8) is 0 Å². The van der Waals surface area contributed by atoms with Crippen molar-refractivity contribution in [3.05, 3.63) is 27.2 Å². The number of hydrogen-bond donors (Lipinski definition) is 1. The van der Waals surface area contributed by atoms with Crippen molar-refractivity contribution in [2.75, 3.05) is 0 Å². The molecule has 0 aliphatic heterocycles. The lowest BCUT2D eigenvalue weighted by atomic mass is 10.0. The van der Waals surface area contributed by atoms with Gasteiger partial charge >= 0.3 is 0 Å². The predicted molar refractivity (Wildman–Crippen MR) is 88.6 cm³/mol. The lowest BCUT2D eigenvalue weighted by Crippen LogP contribution is -2.38. The average Bonchev–Trinajstić information content (AvgIpc) is 2.36. The number of benzene rings is 1. The standard InChI is InChI=1S/C13H16BrCl2NO3S/c1-4-11(7(2)3)17-13(18)9-5-8(21(16,19)20)6-10(14)12(9)15/h5-7,11H,4H2,1-3H3,(H,17,18). The summed E-state index contributed by atoms with van der Waals surface area (Å²) < 4.78 is 23.2. The topological polar surface area (TPSA) is 63.2 Å². The van der Waals surface area contributed by atoms with Crippen LogP contribution in [0, 0.1) is 5.92 Å². The van der Waals surface area contributed by atoms with E-state index in [1.165, 1.54) is 12.1 Å². The Bertz CT molecular complexity index is 647. The number of hydrogen-bond acceptors (Lipinski definition) is 3. The summed E-state index contributed by atoms with van der Waals surface area (Å²) in [6.07, 6.45) is 0.760. The second-order valence-electron chi connectivity index (χ2n) is 4.94. The van der Waals surface area contributed by atoms with E-state index in [1.807, 2.05) is 20.8 Å². The number of rotatable bonds is 5. The molecule has 0 heterocycles. The van der Waals surface area contributed by atoms with Crippen LogP contribution in [0.2, 0.25) is 5.02 Å². The smallest absolute Gasteiger partial charge is 0.261 e. The van der Waals surface area contributed by atoms with Crippen LogP contribution >= 0.6 is 38.2 Å². The molecule has 0 saturated heterocycles. The van der Waals surface area contributed by atoms with Gasteiger partial charge in [-0.1, -0.05) is 32.4 Å². The van der Waals surface area contributed by atoms with Gasteiger partial charge in [0.15, 0.2) is 0 Å². The van der Waals surface area contributed by atoms with E-state index in [2.05, 4.69) is 21.2 Å². The Hall–Kier alpha value is -0.300. The molecular formula is C13H16BrCl2NO3S. The lowest BCUT2D eigenvalue weighted by molar-refractivity contribution is 0.0924. The second-order valence-corrected chi connectivity index (χ2v) is 8.73. The highest BCUT2D eigenvalue weighted by atomic mass is 79.9. The zero-order valence-corrected chi connectivity index (χ0v) is 15.7. The Balaban J connectivity index is 3.24. The zero-order chi connectivity index (χ0) is 16.4. The van der Waals surface area contributed by atoms with E-state index < -0.39 is 15.0 Å². The first-order valence-corrected chi connectivity index (χ1v) is 9.80. The lowest BCUT2D eigenvalue weighted by Gasteiger charge is -2.21. The third kappa shape index (κ3) is 4.84. The first-order valence-electron chi connectivity index (χ1n) is 6.32. The van der Waals surface area contributed by atoms with Gasteiger partial charge in [-0.25, -0.2) is 8.42 Å². The molecule has 0 radical (unpaired) electrons. The minimum Gasteiger partial charge on any atom is -0.349 e. The molecule has 4 nitrogen and oxygen atoms in total. The molecule has 0 spiro atoms. The van der Waals surface area contributed by atoms with Crippen LogP contribution in [0.15, 0.2) is 21.5 Å². The average molecular weight is 417 g/mol. The van der Waals surface area contributed by atoms with Crippen LogP contribution in [0.4, 0.5) is 0 Å². The van der Waals surface area contributed by atoms with Crippen molar-refractivity contribution in [3.8, 4) is 0 Å². The van der Waals surface area contributed by atoms with Gasteiger partial charge in [0.05, 0.1) is 15.5 Å². The largest absolute Gasteiger partial charge is 0.349 e. The van der Waals surface area contributed by atoms with Crippen LogP contribution in [0.1, 0.15) is 37.6 Å². The normalized spacial score (nSPS) is 13.3. The van der Waals surface area contributed by atoms with Gasteiger partial charge in [0, 0.05) is 21.2 Å². The van der Waals surface area contributed by atoms with Gasteiger partial charge in [0.25, 0.3) is 15.0 Å². The molecule has 118 valence electrons. The predicted octanol–water partition coefficient (Wildman–Crippen LogP) is 4.19. The molecule has 1 aromatic rings. The molecular weight excluding hydrogens is 401 g/mol. The molecule has 1 rings (SSSR count). The molecule has 1 aromatic carbocycles. The zero-order valence-electron chi connectivity index (χ0n) is 11.8. The fraction of sp³-hybridized carbons (Fsp3) is 0.462. The molecule has 1 unspecified atom stereocenters. The number of amides is 1. The summed E-state index contributed by atoms with van der Waals surface area (Å²) in [5.74, 6) is -0.176. The van der Waals surface area contributed by atoms with Crippen molar-refractivity contribution < 1.29 is 13.2 Å². The van der Waals surface area contributed by atoms with Gasteiger partial charge in [0.1, 0.15) is 0 Å². The minimum atomic E-state index is -3.94. The number of nitrogens with one attached hydrogen (secondary N) is 1. The van der Waals surface area contributed by atoms with Gasteiger partial charge in [-0.2, -0.15) is 0 Å². The molecule has 0 saturated carbocycles.